The van der Waals surface area contributed by atoms with Crippen molar-refractivity contribution in [1.29, 1.82) is 0 Å². The Morgan fingerprint density at radius 3 is 2.63 bits per heavy atom. The normalized spacial score (nSPS) is 12.3. The van der Waals surface area contributed by atoms with Gasteiger partial charge in [0.25, 0.3) is 0 Å². The maximum Gasteiger partial charge on any atom is 0.147 e. The van der Waals surface area contributed by atoms with Gasteiger partial charge in [-0.25, -0.2) is 4.39 Å². The number of benzene rings is 2. The summed E-state index contributed by atoms with van der Waals surface area (Å²) in [7, 11) is 0. The third kappa shape index (κ3) is 3.47. The molecule has 100 valence electrons. The second-order valence-electron chi connectivity index (χ2n) is 4.03. The zero-order valence-electron chi connectivity index (χ0n) is 10.0. The molecule has 0 saturated carbocycles. The molecule has 0 aromatic heterocycles. The molecule has 19 heavy (non-hydrogen) atoms. The highest BCUT2D eigenvalue weighted by Crippen LogP contribution is 2.35. The van der Waals surface area contributed by atoms with Gasteiger partial charge in [0.2, 0.25) is 0 Å². The van der Waals surface area contributed by atoms with E-state index in [4.69, 9.17) is 16.3 Å². The Labute approximate surface area is 123 Å². The topological polar surface area (TPSA) is 29.5 Å². The van der Waals surface area contributed by atoms with Crippen LogP contribution in [0.3, 0.4) is 0 Å². The number of aliphatic hydroxyl groups excluding tert-OH is 1. The molecule has 0 radical (unpaired) electrons. The standard InChI is InChI=1S/C14H11BrClFO2/c1-8(18)11-7-10(17)3-5-13(11)19-14-6-9(15)2-4-12(14)16/h2-8,18H,1H3. The number of hydrogen-bond donors (Lipinski definition) is 1. The highest BCUT2D eigenvalue weighted by atomic mass is 79.9. The van der Waals surface area contributed by atoms with Crippen molar-refractivity contribution < 1.29 is 14.2 Å². The molecule has 0 amide bonds. The smallest absolute Gasteiger partial charge is 0.147 e. The molecule has 0 aliphatic rings. The maximum absolute atomic E-state index is 13.2. The van der Waals surface area contributed by atoms with Gasteiger partial charge in [-0.1, -0.05) is 27.5 Å². The Morgan fingerprint density at radius 1 is 1.21 bits per heavy atom. The molecule has 0 fully saturated rings. The van der Waals surface area contributed by atoms with Gasteiger partial charge in [0.05, 0.1) is 11.1 Å². The molecule has 0 aliphatic carbocycles. The van der Waals surface area contributed by atoms with Crippen molar-refractivity contribution in [1.82, 2.24) is 0 Å². The van der Waals surface area contributed by atoms with Crippen molar-refractivity contribution in [2.24, 2.45) is 0 Å². The summed E-state index contributed by atoms with van der Waals surface area (Å²) in [4.78, 5) is 0. The molecule has 2 nitrogen and oxygen atoms in total. The summed E-state index contributed by atoms with van der Waals surface area (Å²) in [6, 6.07) is 9.16. The Hall–Kier alpha value is -1.10. The maximum atomic E-state index is 13.2. The minimum atomic E-state index is -0.836. The molecule has 0 spiro atoms. The Balaban J connectivity index is 2.40. The van der Waals surface area contributed by atoms with Gasteiger partial charge in [-0.3, -0.25) is 0 Å². The number of rotatable bonds is 3. The summed E-state index contributed by atoms with van der Waals surface area (Å²) in [5.74, 6) is 0.379. The van der Waals surface area contributed by atoms with Crippen molar-refractivity contribution in [2.75, 3.05) is 0 Å². The third-order valence-corrected chi connectivity index (χ3v) is 3.34. The van der Waals surface area contributed by atoms with Crippen LogP contribution in [0.25, 0.3) is 0 Å². The van der Waals surface area contributed by atoms with Crippen LogP contribution in [0.4, 0.5) is 4.39 Å². The first-order valence-electron chi connectivity index (χ1n) is 5.58. The van der Waals surface area contributed by atoms with Gasteiger partial charge < -0.3 is 9.84 Å². The summed E-state index contributed by atoms with van der Waals surface area (Å²) in [5, 5.41) is 10.1. The molecular weight excluding hydrogens is 335 g/mol. The zero-order valence-corrected chi connectivity index (χ0v) is 12.4. The van der Waals surface area contributed by atoms with E-state index in [1.807, 2.05) is 0 Å². The SMILES string of the molecule is CC(O)c1cc(F)ccc1Oc1cc(Br)ccc1Cl. The lowest BCUT2D eigenvalue weighted by molar-refractivity contribution is 0.195. The van der Waals surface area contributed by atoms with Gasteiger partial charge in [0.15, 0.2) is 0 Å². The molecule has 1 N–H and O–H groups in total. The fraction of sp³-hybridized carbons (Fsp3) is 0.143. The predicted molar refractivity (Wildman–Crippen MR) is 76.3 cm³/mol. The van der Waals surface area contributed by atoms with Crippen LogP contribution in [0.15, 0.2) is 40.9 Å². The molecule has 0 aliphatic heterocycles. The summed E-state index contributed by atoms with van der Waals surface area (Å²) in [5.41, 5.74) is 0.371. The van der Waals surface area contributed by atoms with Crippen molar-refractivity contribution in [3.63, 3.8) is 0 Å². The lowest BCUT2D eigenvalue weighted by Crippen LogP contribution is -1.97. The molecule has 0 bridgehead atoms. The molecule has 5 heteroatoms. The predicted octanol–water partition coefficient (Wildman–Crippen LogP) is 5.09. The highest BCUT2D eigenvalue weighted by molar-refractivity contribution is 9.10. The van der Waals surface area contributed by atoms with E-state index in [0.717, 1.165) is 4.47 Å². The lowest BCUT2D eigenvalue weighted by atomic mass is 10.1. The molecular formula is C14H11BrClFO2. The van der Waals surface area contributed by atoms with Crippen molar-refractivity contribution in [3.8, 4) is 11.5 Å². The number of hydrogen-bond acceptors (Lipinski definition) is 2. The van der Waals surface area contributed by atoms with Crippen LogP contribution >= 0.6 is 27.5 Å². The molecule has 0 saturated heterocycles. The van der Waals surface area contributed by atoms with E-state index in [1.165, 1.54) is 18.2 Å². The van der Waals surface area contributed by atoms with Crippen molar-refractivity contribution in [2.45, 2.75) is 13.0 Å². The summed E-state index contributed by atoms with van der Waals surface area (Å²) < 4.78 is 19.7. The minimum Gasteiger partial charge on any atom is -0.455 e. The molecule has 2 rings (SSSR count). The summed E-state index contributed by atoms with van der Waals surface area (Å²) >= 11 is 9.35. The summed E-state index contributed by atoms with van der Waals surface area (Å²) in [6.07, 6.45) is -0.836. The van der Waals surface area contributed by atoms with E-state index < -0.39 is 11.9 Å². The second-order valence-corrected chi connectivity index (χ2v) is 5.36. The lowest BCUT2D eigenvalue weighted by Gasteiger charge is -2.14. The fourth-order valence-electron chi connectivity index (χ4n) is 1.61. The first-order chi connectivity index (χ1) is 8.97. The van der Waals surface area contributed by atoms with Gasteiger partial charge >= 0.3 is 0 Å². The average molecular weight is 346 g/mol. The van der Waals surface area contributed by atoms with Gasteiger partial charge in [0, 0.05) is 10.0 Å². The van der Waals surface area contributed by atoms with Crippen LogP contribution in [-0.2, 0) is 0 Å². The molecule has 0 heterocycles. The quantitative estimate of drug-likeness (QED) is 0.840. The van der Waals surface area contributed by atoms with Crippen molar-refractivity contribution >= 4 is 27.5 Å². The van der Waals surface area contributed by atoms with Crippen LogP contribution < -0.4 is 4.74 Å². The fourth-order valence-corrected chi connectivity index (χ4v) is 2.11. The molecule has 1 unspecified atom stereocenters. The molecule has 2 aromatic rings. The van der Waals surface area contributed by atoms with E-state index >= 15 is 0 Å². The first-order valence-corrected chi connectivity index (χ1v) is 6.75. The van der Waals surface area contributed by atoms with Crippen LogP contribution in [0.1, 0.15) is 18.6 Å². The molecule has 2 aromatic carbocycles. The van der Waals surface area contributed by atoms with Gasteiger partial charge in [-0.2, -0.15) is 0 Å². The highest BCUT2D eigenvalue weighted by Gasteiger charge is 2.13. The number of ether oxygens (including phenoxy) is 1. The van der Waals surface area contributed by atoms with Gasteiger partial charge in [-0.05, 0) is 43.3 Å². The zero-order chi connectivity index (χ0) is 14.0. The largest absolute Gasteiger partial charge is 0.455 e. The van der Waals surface area contributed by atoms with E-state index in [2.05, 4.69) is 15.9 Å². The van der Waals surface area contributed by atoms with Gasteiger partial charge in [0.1, 0.15) is 17.3 Å². The van der Waals surface area contributed by atoms with E-state index in [0.29, 0.717) is 22.1 Å². The Kier molecular flexibility index (Phi) is 4.45. The van der Waals surface area contributed by atoms with Crippen LogP contribution in [-0.4, -0.2) is 5.11 Å². The van der Waals surface area contributed by atoms with Crippen LogP contribution in [0, 0.1) is 5.82 Å². The third-order valence-electron chi connectivity index (χ3n) is 2.54. The van der Waals surface area contributed by atoms with Gasteiger partial charge in [-0.15, -0.1) is 0 Å². The van der Waals surface area contributed by atoms with E-state index in [1.54, 1.807) is 25.1 Å². The Morgan fingerprint density at radius 2 is 1.95 bits per heavy atom. The summed E-state index contributed by atoms with van der Waals surface area (Å²) in [6.45, 7) is 1.55. The van der Waals surface area contributed by atoms with E-state index in [-0.39, 0.29) is 0 Å². The van der Waals surface area contributed by atoms with Crippen molar-refractivity contribution in [3.05, 3.63) is 57.3 Å². The Bertz CT molecular complexity index is 602. The molecule has 1 atom stereocenters. The minimum absolute atomic E-state index is 0.371. The second kappa shape index (κ2) is 5.90. The van der Waals surface area contributed by atoms with Crippen LogP contribution in [0.2, 0.25) is 5.02 Å². The number of aliphatic hydroxyl groups is 1. The average Bonchev–Trinajstić information content (AvgIpc) is 2.35. The van der Waals surface area contributed by atoms with Crippen LogP contribution in [0.5, 0.6) is 11.5 Å². The number of halogens is 3. The first kappa shape index (κ1) is 14.3. The monoisotopic (exact) mass is 344 g/mol. The van der Waals surface area contributed by atoms with E-state index in [9.17, 15) is 9.50 Å².